The number of ether oxygens (including phenoxy) is 2. The van der Waals surface area contributed by atoms with Crippen LogP contribution in [0, 0.1) is 5.92 Å². The first-order chi connectivity index (χ1) is 16.9. The minimum Gasteiger partial charge on any atom is -0.385 e. The third-order valence-corrected chi connectivity index (χ3v) is 5.29. The molecule has 7 nitrogen and oxygen atoms in total. The average Bonchev–Trinajstić information content (AvgIpc) is 2.87. The zero-order chi connectivity index (χ0) is 25.9. The largest absolute Gasteiger partial charge is 0.385 e. The maximum Gasteiger partial charge on any atom is 0.243 e. The van der Waals surface area contributed by atoms with Gasteiger partial charge < -0.3 is 25.8 Å². The van der Waals surface area contributed by atoms with Crippen LogP contribution in [0.3, 0.4) is 0 Å². The molecule has 0 aliphatic heterocycles. The Hall–Kier alpha value is -2.74. The van der Waals surface area contributed by atoms with Gasteiger partial charge in [0.2, 0.25) is 11.8 Å². The van der Waals surface area contributed by atoms with Gasteiger partial charge in [-0.05, 0) is 36.8 Å². The van der Waals surface area contributed by atoms with Crippen molar-refractivity contribution in [1.29, 1.82) is 0 Å². The van der Waals surface area contributed by atoms with Crippen molar-refractivity contribution >= 4 is 11.8 Å². The van der Waals surface area contributed by atoms with Gasteiger partial charge in [0.25, 0.3) is 0 Å². The van der Waals surface area contributed by atoms with Gasteiger partial charge in [0, 0.05) is 32.7 Å². The van der Waals surface area contributed by atoms with E-state index in [9.17, 15) is 9.59 Å². The van der Waals surface area contributed by atoms with Crippen molar-refractivity contribution in [2.45, 2.75) is 65.3 Å². The van der Waals surface area contributed by atoms with Crippen LogP contribution < -0.4 is 16.4 Å². The van der Waals surface area contributed by atoms with Gasteiger partial charge in [-0.15, -0.1) is 0 Å². The molecule has 0 spiro atoms. The van der Waals surface area contributed by atoms with Crippen LogP contribution in [0.5, 0.6) is 0 Å². The van der Waals surface area contributed by atoms with Crippen molar-refractivity contribution in [3.05, 3.63) is 71.8 Å². The van der Waals surface area contributed by atoms with Crippen molar-refractivity contribution in [3.63, 3.8) is 0 Å². The summed E-state index contributed by atoms with van der Waals surface area (Å²) in [5, 5.41) is 5.77. The second-order valence-electron chi connectivity index (χ2n) is 8.72. The minimum absolute atomic E-state index is 0.00614. The molecule has 7 heteroatoms. The standard InChI is InChI=1S/C25H35N3O3.C3H8O/c1-19(2)24(25(30)27-16-20-10-5-3-6-11-20)28-23(29)15-9-14-22(26)18-31-17-21-12-7-4-8-13-21;1-3-4-2/h3-8,10-13,19,22,24H,9,14-18,26H2,1-2H3,(H,27,30)(H,28,29);3H2,1-2H3/t22-,24?;/m1./s1. The summed E-state index contributed by atoms with van der Waals surface area (Å²) in [5.41, 5.74) is 8.23. The average molecular weight is 486 g/mol. The van der Waals surface area contributed by atoms with Crippen LogP contribution >= 0.6 is 0 Å². The lowest BCUT2D eigenvalue weighted by atomic mass is 10.0. The summed E-state index contributed by atoms with van der Waals surface area (Å²) in [4.78, 5) is 24.9. The molecule has 4 N–H and O–H groups in total. The Morgan fingerprint density at radius 3 is 2.09 bits per heavy atom. The van der Waals surface area contributed by atoms with Crippen LogP contribution in [0.15, 0.2) is 60.7 Å². The molecular formula is C28H43N3O4. The van der Waals surface area contributed by atoms with Gasteiger partial charge in [-0.25, -0.2) is 0 Å². The summed E-state index contributed by atoms with van der Waals surface area (Å²) in [6, 6.07) is 19.0. The van der Waals surface area contributed by atoms with Crippen molar-refractivity contribution in [2.75, 3.05) is 20.3 Å². The minimum atomic E-state index is -0.556. The number of amides is 2. The number of methoxy groups -OCH3 is 1. The van der Waals surface area contributed by atoms with E-state index in [0.717, 1.165) is 17.7 Å². The Kier molecular flexibility index (Phi) is 16.1. The van der Waals surface area contributed by atoms with E-state index in [-0.39, 0.29) is 23.8 Å². The van der Waals surface area contributed by atoms with E-state index in [1.165, 1.54) is 0 Å². The van der Waals surface area contributed by atoms with Gasteiger partial charge in [-0.1, -0.05) is 74.5 Å². The Bertz CT molecular complexity index is 813. The van der Waals surface area contributed by atoms with Crippen LogP contribution in [0.1, 0.15) is 51.2 Å². The van der Waals surface area contributed by atoms with E-state index in [0.29, 0.717) is 39.0 Å². The number of carbonyl (C=O) groups excluding carboxylic acids is 2. The number of hydrogen-bond donors (Lipinski definition) is 3. The summed E-state index contributed by atoms with van der Waals surface area (Å²) in [6.07, 6.45) is 1.68. The molecule has 194 valence electrons. The predicted octanol–water partition coefficient (Wildman–Crippen LogP) is 3.81. The Labute approximate surface area is 210 Å². The molecule has 0 fully saturated rings. The van der Waals surface area contributed by atoms with Gasteiger partial charge in [-0.2, -0.15) is 0 Å². The molecule has 2 amide bonds. The highest BCUT2D eigenvalue weighted by atomic mass is 16.5. The van der Waals surface area contributed by atoms with E-state index in [1.807, 2.05) is 81.4 Å². The Morgan fingerprint density at radius 2 is 1.54 bits per heavy atom. The zero-order valence-corrected chi connectivity index (χ0v) is 21.7. The highest BCUT2D eigenvalue weighted by molar-refractivity contribution is 5.87. The first-order valence-corrected chi connectivity index (χ1v) is 12.3. The molecule has 2 atom stereocenters. The summed E-state index contributed by atoms with van der Waals surface area (Å²) < 4.78 is 10.2. The summed E-state index contributed by atoms with van der Waals surface area (Å²) in [5.74, 6) is -0.308. The van der Waals surface area contributed by atoms with Gasteiger partial charge in [0.05, 0.1) is 13.2 Å². The number of nitrogens with two attached hydrogens (primary N) is 1. The molecule has 0 saturated carbocycles. The number of benzene rings is 2. The third kappa shape index (κ3) is 14.3. The smallest absolute Gasteiger partial charge is 0.243 e. The Morgan fingerprint density at radius 1 is 0.971 bits per heavy atom. The molecule has 0 bridgehead atoms. The molecule has 0 aliphatic rings. The van der Waals surface area contributed by atoms with Crippen LogP contribution in [-0.2, 0) is 32.2 Å². The molecule has 35 heavy (non-hydrogen) atoms. The van der Waals surface area contributed by atoms with Gasteiger partial charge >= 0.3 is 0 Å². The van der Waals surface area contributed by atoms with Crippen LogP contribution in [0.4, 0.5) is 0 Å². The SMILES string of the molecule is CC(C)C(NC(=O)CCC[C@@H](N)COCc1ccccc1)C(=O)NCc1ccccc1.CCOC. The molecule has 0 saturated heterocycles. The second kappa shape index (κ2) is 18.6. The monoisotopic (exact) mass is 485 g/mol. The summed E-state index contributed by atoms with van der Waals surface area (Å²) in [6.45, 7) is 8.05. The molecule has 1 unspecified atom stereocenters. The molecule has 0 radical (unpaired) electrons. The predicted molar refractivity (Wildman–Crippen MR) is 141 cm³/mol. The highest BCUT2D eigenvalue weighted by Crippen LogP contribution is 2.07. The van der Waals surface area contributed by atoms with Crippen LogP contribution in [0.25, 0.3) is 0 Å². The van der Waals surface area contributed by atoms with Gasteiger partial charge in [0.1, 0.15) is 6.04 Å². The lowest BCUT2D eigenvalue weighted by Gasteiger charge is -2.22. The second-order valence-corrected chi connectivity index (χ2v) is 8.72. The lowest BCUT2D eigenvalue weighted by molar-refractivity contribution is -0.130. The molecular weight excluding hydrogens is 442 g/mol. The van der Waals surface area contributed by atoms with Crippen molar-refractivity contribution in [2.24, 2.45) is 11.7 Å². The van der Waals surface area contributed by atoms with Crippen LogP contribution in [-0.4, -0.2) is 44.2 Å². The Balaban J connectivity index is 0.00000142. The quantitative estimate of drug-likeness (QED) is 0.378. The fraction of sp³-hybridized carbons (Fsp3) is 0.500. The first-order valence-electron chi connectivity index (χ1n) is 12.3. The van der Waals surface area contributed by atoms with Crippen molar-refractivity contribution in [3.8, 4) is 0 Å². The van der Waals surface area contributed by atoms with E-state index in [4.69, 9.17) is 10.5 Å². The molecule has 0 aromatic heterocycles. The van der Waals surface area contributed by atoms with Gasteiger partial charge in [-0.3, -0.25) is 9.59 Å². The fourth-order valence-corrected chi connectivity index (χ4v) is 3.19. The normalized spacial score (nSPS) is 12.3. The molecule has 2 rings (SSSR count). The number of hydrogen-bond acceptors (Lipinski definition) is 5. The number of nitrogens with one attached hydrogen (secondary N) is 2. The molecule has 0 heterocycles. The van der Waals surface area contributed by atoms with E-state index >= 15 is 0 Å². The van der Waals surface area contributed by atoms with Crippen LogP contribution in [0.2, 0.25) is 0 Å². The third-order valence-electron chi connectivity index (χ3n) is 5.29. The maximum atomic E-state index is 12.5. The fourth-order valence-electron chi connectivity index (χ4n) is 3.19. The van der Waals surface area contributed by atoms with Crippen molar-refractivity contribution < 1.29 is 19.1 Å². The summed E-state index contributed by atoms with van der Waals surface area (Å²) in [7, 11) is 1.68. The highest BCUT2D eigenvalue weighted by Gasteiger charge is 2.23. The first kappa shape index (κ1) is 30.3. The van der Waals surface area contributed by atoms with E-state index < -0.39 is 6.04 Å². The molecule has 0 aliphatic carbocycles. The molecule has 2 aromatic carbocycles. The van der Waals surface area contributed by atoms with E-state index in [2.05, 4.69) is 15.4 Å². The van der Waals surface area contributed by atoms with E-state index in [1.54, 1.807) is 7.11 Å². The lowest BCUT2D eigenvalue weighted by Crippen LogP contribution is -2.49. The number of rotatable bonds is 14. The van der Waals surface area contributed by atoms with Crippen molar-refractivity contribution in [1.82, 2.24) is 10.6 Å². The zero-order valence-electron chi connectivity index (χ0n) is 21.7. The molecule has 2 aromatic rings. The number of carbonyl (C=O) groups is 2. The maximum absolute atomic E-state index is 12.5. The summed E-state index contributed by atoms with van der Waals surface area (Å²) >= 11 is 0. The van der Waals surface area contributed by atoms with Gasteiger partial charge in [0.15, 0.2) is 0 Å². The topological polar surface area (TPSA) is 103 Å².